The molecule has 0 spiro atoms. The van der Waals surface area contributed by atoms with E-state index >= 15 is 0 Å². The lowest BCUT2D eigenvalue weighted by molar-refractivity contribution is -0.138. The van der Waals surface area contributed by atoms with Crippen molar-refractivity contribution < 1.29 is 24.2 Å². The Kier molecular flexibility index (Phi) is 8.28. The van der Waals surface area contributed by atoms with E-state index in [2.05, 4.69) is 33.5 Å². The van der Waals surface area contributed by atoms with Crippen LogP contribution in [-0.4, -0.2) is 44.2 Å². The third-order valence-corrected chi connectivity index (χ3v) is 5.20. The number of aromatic hydroxyl groups is 1. The number of nitrogens with one attached hydrogen (secondary N) is 2. The molecule has 2 amide bonds. The number of carboxylic acids is 1. The molecule has 3 atom stereocenters. The minimum absolute atomic E-state index is 0.0665. The number of thiol groups is 1. The molecule has 10 nitrogen and oxygen atoms in total. The second kappa shape index (κ2) is 11.3. The average molecular weight is 472 g/mol. The predicted octanol–water partition coefficient (Wildman–Crippen LogP) is 1.98. The number of carbonyl (C=O) groups is 2. The Morgan fingerprint density at radius 3 is 2.24 bits per heavy atom. The molecule has 0 saturated heterocycles. The van der Waals surface area contributed by atoms with Crippen molar-refractivity contribution in [3.8, 4) is 5.75 Å². The first-order valence-electron chi connectivity index (χ1n) is 10.2. The smallest absolute Gasteiger partial charge is 0.327 e. The number of urea groups is 1. The third kappa shape index (κ3) is 6.96. The van der Waals surface area contributed by atoms with Crippen LogP contribution < -0.4 is 16.4 Å². The van der Waals surface area contributed by atoms with Crippen LogP contribution >= 0.6 is 12.6 Å². The summed E-state index contributed by atoms with van der Waals surface area (Å²) in [5.41, 5.74) is 8.00. The Bertz CT molecular complexity index is 1060. The van der Waals surface area contributed by atoms with Gasteiger partial charge in [-0.15, -0.1) is 10.2 Å². The van der Waals surface area contributed by atoms with Crippen molar-refractivity contribution in [2.45, 2.75) is 31.0 Å². The maximum atomic E-state index is 12.4. The van der Waals surface area contributed by atoms with Gasteiger partial charge in [0.05, 0.1) is 6.04 Å². The Morgan fingerprint density at radius 2 is 1.61 bits per heavy atom. The number of hydrogen-bond donors (Lipinski definition) is 6. The molecular formula is C22H25N5O5S. The van der Waals surface area contributed by atoms with Crippen LogP contribution in [0.5, 0.6) is 5.75 Å². The van der Waals surface area contributed by atoms with Crippen molar-refractivity contribution in [3.05, 3.63) is 77.5 Å². The fourth-order valence-corrected chi connectivity index (χ4v) is 3.35. The number of carboxylic acid groups (broad SMARTS) is 1. The van der Waals surface area contributed by atoms with Crippen molar-refractivity contribution in [1.82, 2.24) is 20.8 Å². The highest BCUT2D eigenvalue weighted by Crippen LogP contribution is 2.22. The second-order valence-corrected chi connectivity index (χ2v) is 7.75. The van der Waals surface area contributed by atoms with Crippen molar-refractivity contribution in [2.24, 2.45) is 5.73 Å². The maximum absolute atomic E-state index is 12.4. The number of rotatable bonds is 10. The molecule has 0 radical (unpaired) electrons. The van der Waals surface area contributed by atoms with Crippen LogP contribution in [0.1, 0.15) is 35.0 Å². The zero-order valence-corrected chi connectivity index (χ0v) is 18.5. The molecule has 1 heterocycles. The molecule has 0 aliphatic rings. The summed E-state index contributed by atoms with van der Waals surface area (Å²) >= 11 is 3.95. The zero-order valence-electron chi connectivity index (χ0n) is 17.6. The largest absolute Gasteiger partial charge is 0.508 e. The zero-order chi connectivity index (χ0) is 23.8. The number of amides is 2. The van der Waals surface area contributed by atoms with Crippen LogP contribution in [0.3, 0.4) is 0 Å². The van der Waals surface area contributed by atoms with Gasteiger partial charge in [0.25, 0.3) is 0 Å². The van der Waals surface area contributed by atoms with E-state index in [0.29, 0.717) is 12.8 Å². The topological polar surface area (TPSA) is 164 Å². The molecule has 0 aliphatic carbocycles. The van der Waals surface area contributed by atoms with E-state index in [-0.39, 0.29) is 23.3 Å². The monoisotopic (exact) mass is 471 g/mol. The summed E-state index contributed by atoms with van der Waals surface area (Å²) in [4.78, 5) is 23.6. The summed E-state index contributed by atoms with van der Waals surface area (Å²) < 4.78 is 5.78. The molecule has 6 N–H and O–H groups in total. The van der Waals surface area contributed by atoms with Crippen LogP contribution in [0.4, 0.5) is 4.79 Å². The van der Waals surface area contributed by atoms with E-state index in [0.717, 1.165) is 11.1 Å². The molecule has 2 aromatic carbocycles. The van der Waals surface area contributed by atoms with Crippen molar-refractivity contribution >= 4 is 24.6 Å². The number of aliphatic carboxylic acids is 1. The minimum atomic E-state index is -1.19. The molecule has 3 aromatic rings. The molecule has 0 unspecified atom stereocenters. The number of benzene rings is 2. The van der Waals surface area contributed by atoms with E-state index in [1.54, 1.807) is 24.3 Å². The lowest BCUT2D eigenvalue weighted by atomic mass is 10.1. The third-order valence-electron chi connectivity index (χ3n) is 4.84. The summed E-state index contributed by atoms with van der Waals surface area (Å²) in [6, 6.07) is 12.8. The molecule has 174 valence electrons. The SMILES string of the molecule is N[C@@H](Cc1ccc(O)cc1)c1nnc([C@H](Cc2ccccc2)NC(=O)N[C@@H](CS)C(=O)O)o1. The first-order chi connectivity index (χ1) is 15.9. The molecule has 0 fully saturated rings. The molecular weight excluding hydrogens is 446 g/mol. The predicted molar refractivity (Wildman–Crippen MR) is 123 cm³/mol. The van der Waals surface area contributed by atoms with Gasteiger partial charge >= 0.3 is 12.0 Å². The van der Waals surface area contributed by atoms with Crippen LogP contribution in [-0.2, 0) is 17.6 Å². The number of nitrogens with two attached hydrogens (primary N) is 1. The van der Waals surface area contributed by atoms with Crippen LogP contribution in [0, 0.1) is 0 Å². The number of aromatic nitrogens is 2. The standard InChI is InChI=1S/C22H25N5O5S/c23-16(10-14-6-8-15(28)9-7-14)19-26-27-20(32-19)17(11-13-4-2-1-3-5-13)24-22(31)25-18(12-33)21(29)30/h1-9,16-18,28,33H,10-12,23H2,(H,29,30)(H2,24,25,31)/t16-,17-,18-/m0/s1. The van der Waals surface area contributed by atoms with Gasteiger partial charge in [0, 0.05) is 12.2 Å². The summed E-state index contributed by atoms with van der Waals surface area (Å²) in [6.45, 7) is 0. The van der Waals surface area contributed by atoms with Gasteiger partial charge in [-0.3, -0.25) is 0 Å². The first kappa shape index (κ1) is 24.1. The summed E-state index contributed by atoms with van der Waals surface area (Å²) in [5, 5.41) is 31.7. The fraction of sp³-hybridized carbons (Fsp3) is 0.273. The minimum Gasteiger partial charge on any atom is -0.508 e. The Morgan fingerprint density at radius 1 is 0.970 bits per heavy atom. The van der Waals surface area contributed by atoms with Crippen LogP contribution in [0.2, 0.25) is 0 Å². The van der Waals surface area contributed by atoms with Gasteiger partial charge in [0.1, 0.15) is 17.8 Å². The summed E-state index contributed by atoms with van der Waals surface area (Å²) in [6.07, 6.45) is 0.739. The molecule has 1 aromatic heterocycles. The number of hydrogen-bond acceptors (Lipinski definition) is 8. The molecule has 3 rings (SSSR count). The van der Waals surface area contributed by atoms with Gasteiger partial charge in [-0.25, -0.2) is 9.59 Å². The number of phenolic OH excluding ortho intramolecular Hbond substituents is 1. The van der Waals surface area contributed by atoms with Gasteiger partial charge < -0.3 is 31.0 Å². The molecule has 0 aliphatic heterocycles. The first-order valence-corrected chi connectivity index (χ1v) is 10.8. The quantitative estimate of drug-likeness (QED) is 0.244. The van der Waals surface area contributed by atoms with Crippen LogP contribution in [0.25, 0.3) is 0 Å². The number of carbonyl (C=O) groups excluding carboxylic acids is 1. The number of phenols is 1. The highest BCUT2D eigenvalue weighted by molar-refractivity contribution is 7.80. The van der Waals surface area contributed by atoms with Crippen molar-refractivity contribution in [2.75, 3.05) is 5.75 Å². The van der Waals surface area contributed by atoms with Crippen LogP contribution in [0.15, 0.2) is 59.0 Å². The van der Waals surface area contributed by atoms with Crippen molar-refractivity contribution in [1.29, 1.82) is 0 Å². The van der Waals surface area contributed by atoms with Gasteiger partial charge in [0.15, 0.2) is 0 Å². The van der Waals surface area contributed by atoms with E-state index in [9.17, 15) is 14.7 Å². The Hall–Kier alpha value is -3.57. The van der Waals surface area contributed by atoms with Crippen molar-refractivity contribution in [3.63, 3.8) is 0 Å². The Labute approximate surface area is 195 Å². The second-order valence-electron chi connectivity index (χ2n) is 7.39. The maximum Gasteiger partial charge on any atom is 0.327 e. The lowest BCUT2D eigenvalue weighted by Gasteiger charge is -2.18. The molecule has 0 saturated carbocycles. The average Bonchev–Trinajstić information content (AvgIpc) is 3.29. The van der Waals surface area contributed by atoms with E-state index in [1.165, 1.54) is 0 Å². The molecule has 33 heavy (non-hydrogen) atoms. The normalized spacial score (nSPS) is 13.6. The van der Waals surface area contributed by atoms with Gasteiger partial charge in [-0.05, 0) is 29.7 Å². The molecule has 11 heteroatoms. The lowest BCUT2D eigenvalue weighted by Crippen LogP contribution is -2.48. The molecule has 0 bridgehead atoms. The fourth-order valence-electron chi connectivity index (χ4n) is 3.10. The van der Waals surface area contributed by atoms with E-state index in [4.69, 9.17) is 15.3 Å². The van der Waals surface area contributed by atoms with Gasteiger partial charge in [0.2, 0.25) is 11.8 Å². The highest BCUT2D eigenvalue weighted by atomic mass is 32.1. The van der Waals surface area contributed by atoms with E-state index < -0.39 is 30.1 Å². The number of nitrogens with zero attached hydrogens (tertiary/aromatic N) is 2. The van der Waals surface area contributed by atoms with Gasteiger partial charge in [-0.2, -0.15) is 12.6 Å². The highest BCUT2D eigenvalue weighted by Gasteiger charge is 2.26. The van der Waals surface area contributed by atoms with Gasteiger partial charge in [-0.1, -0.05) is 42.5 Å². The summed E-state index contributed by atoms with van der Waals surface area (Å²) in [5.74, 6) is -0.772. The van der Waals surface area contributed by atoms with E-state index in [1.807, 2.05) is 30.3 Å². The summed E-state index contributed by atoms with van der Waals surface area (Å²) in [7, 11) is 0. The Balaban J connectivity index is 1.75.